The van der Waals surface area contributed by atoms with Gasteiger partial charge in [-0.15, -0.1) is 0 Å². The summed E-state index contributed by atoms with van der Waals surface area (Å²) in [5.74, 6) is -2.40. The van der Waals surface area contributed by atoms with Gasteiger partial charge in [0.1, 0.15) is 11.6 Å². The van der Waals surface area contributed by atoms with Crippen molar-refractivity contribution in [1.29, 1.82) is 0 Å². The number of aryl methyl sites for hydroxylation is 1. The number of hydrogen-bond acceptors (Lipinski definition) is 6. The average Bonchev–Trinajstić information content (AvgIpc) is 2.52. The van der Waals surface area contributed by atoms with Crippen molar-refractivity contribution in [1.82, 2.24) is 4.98 Å². The van der Waals surface area contributed by atoms with Gasteiger partial charge < -0.3 is 14.9 Å². The molecule has 3 N–H and O–H groups in total. The highest BCUT2D eigenvalue weighted by Crippen LogP contribution is 2.79. The fourth-order valence-corrected chi connectivity index (χ4v) is 6.17. The minimum atomic E-state index is -5.31. The molecular weight excluding hydrogens is 406 g/mol. The maximum Gasteiger partial charge on any atom is 0.374 e. The molecule has 0 radical (unpaired) electrons. The van der Waals surface area contributed by atoms with E-state index in [0.717, 1.165) is 12.1 Å². The summed E-state index contributed by atoms with van der Waals surface area (Å²) in [4.78, 5) is 24.1. The molecule has 1 aromatic carbocycles. The largest absolute Gasteiger partial charge is 0.374 e. The van der Waals surface area contributed by atoms with Crippen LogP contribution in [0.4, 0.5) is 8.78 Å². The van der Waals surface area contributed by atoms with Gasteiger partial charge in [0.25, 0.3) is 5.08 Å². The maximum atomic E-state index is 14.1. The lowest BCUT2D eigenvalue weighted by Gasteiger charge is -2.41. The standard InChI is InChI=1S/C15H15F2NO7P2/c1-9-5-11(16)13(12(17)6-9)14-24-26(20,21)15(19,27(22,23)25-14)7-10-3-2-4-18-8-10/h2-6,8,14,19H,7H2,1H3,(H,20,21)(H,22,23). The van der Waals surface area contributed by atoms with Crippen molar-refractivity contribution in [2.75, 3.05) is 0 Å². The Bertz CT molecular complexity index is 923. The Hall–Kier alpha value is -1.51. The van der Waals surface area contributed by atoms with Crippen LogP contribution in [0.25, 0.3) is 0 Å². The fourth-order valence-electron chi connectivity index (χ4n) is 2.63. The van der Waals surface area contributed by atoms with Crippen molar-refractivity contribution in [2.24, 2.45) is 0 Å². The molecule has 2 heterocycles. The first-order chi connectivity index (χ1) is 12.5. The van der Waals surface area contributed by atoms with E-state index in [2.05, 4.69) is 4.98 Å². The van der Waals surface area contributed by atoms with Gasteiger partial charge in [-0.2, -0.15) is 0 Å². The van der Waals surface area contributed by atoms with Gasteiger partial charge in [-0.05, 0) is 36.2 Å². The predicted octanol–water partition coefficient (Wildman–Crippen LogP) is 2.97. The third-order valence-corrected chi connectivity index (χ3v) is 8.60. The van der Waals surface area contributed by atoms with E-state index in [1.165, 1.54) is 31.5 Å². The van der Waals surface area contributed by atoms with Crippen molar-refractivity contribution in [3.63, 3.8) is 0 Å². The van der Waals surface area contributed by atoms with Crippen LogP contribution < -0.4 is 0 Å². The van der Waals surface area contributed by atoms with Crippen molar-refractivity contribution in [3.8, 4) is 0 Å². The molecule has 2 aromatic rings. The second kappa shape index (κ2) is 6.83. The molecule has 146 valence electrons. The Balaban J connectivity index is 2.03. The number of aromatic nitrogens is 1. The molecule has 0 saturated carbocycles. The van der Waals surface area contributed by atoms with Gasteiger partial charge in [-0.1, -0.05) is 6.07 Å². The van der Waals surface area contributed by atoms with Gasteiger partial charge in [0, 0.05) is 18.8 Å². The summed E-state index contributed by atoms with van der Waals surface area (Å²) < 4.78 is 62.8. The van der Waals surface area contributed by atoms with E-state index in [9.17, 15) is 32.8 Å². The normalized spacial score (nSPS) is 33.8. The van der Waals surface area contributed by atoms with Crippen LogP contribution in [-0.4, -0.2) is 25.0 Å². The molecule has 12 heteroatoms. The molecule has 1 aromatic heterocycles. The Morgan fingerprint density at radius 3 is 2.22 bits per heavy atom. The number of nitrogens with zero attached hydrogens (tertiary/aromatic N) is 1. The summed E-state index contributed by atoms with van der Waals surface area (Å²) in [6.07, 6.45) is -0.527. The SMILES string of the molecule is Cc1cc(F)c(C2OP(=O)(O)C(O)(Cc3cccnc3)P(=O)(O)O2)c(F)c1. The second-order valence-electron chi connectivity index (χ2n) is 6.04. The minimum absolute atomic E-state index is 0.141. The molecule has 8 nitrogen and oxygen atoms in total. The van der Waals surface area contributed by atoms with Crippen LogP contribution in [-0.2, 0) is 24.6 Å². The van der Waals surface area contributed by atoms with E-state index >= 15 is 0 Å². The fraction of sp³-hybridized carbons (Fsp3) is 0.267. The van der Waals surface area contributed by atoms with Gasteiger partial charge >= 0.3 is 15.2 Å². The first-order valence-corrected chi connectivity index (χ1v) is 10.7. The second-order valence-corrected chi connectivity index (χ2v) is 10.4. The van der Waals surface area contributed by atoms with Crippen molar-refractivity contribution < 1.29 is 41.9 Å². The Morgan fingerprint density at radius 1 is 1.19 bits per heavy atom. The third kappa shape index (κ3) is 3.50. The lowest BCUT2D eigenvalue weighted by Crippen LogP contribution is -2.38. The molecular formula is C15H15F2NO7P2. The molecule has 3 rings (SSSR count). The van der Waals surface area contributed by atoms with Crippen LogP contribution in [0.5, 0.6) is 0 Å². The van der Waals surface area contributed by atoms with Gasteiger partial charge in [-0.3, -0.25) is 23.2 Å². The number of aliphatic hydroxyl groups is 1. The smallest absolute Gasteiger partial charge is 0.367 e. The number of rotatable bonds is 3. The lowest BCUT2D eigenvalue weighted by atomic mass is 10.1. The molecule has 1 fully saturated rings. The molecule has 1 aliphatic heterocycles. The Labute approximate surface area is 152 Å². The summed E-state index contributed by atoms with van der Waals surface area (Å²) in [5.41, 5.74) is -0.605. The van der Waals surface area contributed by atoms with Crippen LogP contribution in [0, 0.1) is 18.6 Å². The first-order valence-electron chi connectivity index (χ1n) is 7.56. The Kier molecular flexibility index (Phi) is 5.12. The molecule has 0 spiro atoms. The maximum absolute atomic E-state index is 14.1. The zero-order chi connectivity index (χ0) is 20.0. The third-order valence-electron chi connectivity index (χ3n) is 4.01. The predicted molar refractivity (Wildman–Crippen MR) is 88.5 cm³/mol. The molecule has 1 saturated heterocycles. The zero-order valence-electron chi connectivity index (χ0n) is 13.8. The van der Waals surface area contributed by atoms with Gasteiger partial charge in [0.2, 0.25) is 6.29 Å². The summed E-state index contributed by atoms with van der Waals surface area (Å²) in [6.45, 7) is 1.40. The van der Waals surface area contributed by atoms with Crippen molar-refractivity contribution in [2.45, 2.75) is 24.7 Å². The van der Waals surface area contributed by atoms with Crippen LogP contribution in [0.1, 0.15) is 23.0 Å². The lowest BCUT2D eigenvalue weighted by molar-refractivity contribution is -0.0614. The van der Waals surface area contributed by atoms with E-state index in [1.807, 2.05) is 0 Å². The molecule has 2 atom stereocenters. The number of pyridine rings is 1. The molecule has 2 unspecified atom stereocenters. The van der Waals surface area contributed by atoms with Crippen LogP contribution in [0.15, 0.2) is 36.7 Å². The van der Waals surface area contributed by atoms with Crippen molar-refractivity contribution >= 4 is 15.2 Å². The molecule has 0 aliphatic carbocycles. The highest BCUT2D eigenvalue weighted by Gasteiger charge is 2.67. The number of hydrogen-bond donors (Lipinski definition) is 3. The van der Waals surface area contributed by atoms with E-state index in [1.54, 1.807) is 0 Å². The molecule has 0 amide bonds. The monoisotopic (exact) mass is 421 g/mol. The van der Waals surface area contributed by atoms with Crippen LogP contribution >= 0.6 is 15.2 Å². The Morgan fingerprint density at radius 2 is 1.74 bits per heavy atom. The highest BCUT2D eigenvalue weighted by atomic mass is 31.2. The van der Waals surface area contributed by atoms with Gasteiger partial charge in [0.15, 0.2) is 0 Å². The molecule has 0 bridgehead atoms. The average molecular weight is 421 g/mol. The summed E-state index contributed by atoms with van der Waals surface area (Å²) in [5, 5.41) is 7.30. The number of benzene rings is 1. The topological polar surface area (TPSA) is 126 Å². The summed E-state index contributed by atoms with van der Waals surface area (Å²) in [6, 6.07) is 4.61. The molecule has 1 aliphatic rings. The van der Waals surface area contributed by atoms with Crippen LogP contribution in [0.2, 0.25) is 0 Å². The van der Waals surface area contributed by atoms with E-state index in [0.29, 0.717) is 0 Å². The van der Waals surface area contributed by atoms with E-state index in [4.69, 9.17) is 9.05 Å². The van der Waals surface area contributed by atoms with Gasteiger partial charge in [0.05, 0.1) is 5.56 Å². The van der Waals surface area contributed by atoms with Crippen LogP contribution in [0.3, 0.4) is 0 Å². The molecule has 27 heavy (non-hydrogen) atoms. The summed E-state index contributed by atoms with van der Waals surface area (Å²) in [7, 11) is -10.6. The number of halogens is 2. The first kappa shape index (κ1) is 20.2. The highest BCUT2D eigenvalue weighted by molar-refractivity contribution is 7.73. The summed E-state index contributed by atoms with van der Waals surface area (Å²) >= 11 is 0. The van der Waals surface area contributed by atoms with E-state index < -0.39 is 50.2 Å². The minimum Gasteiger partial charge on any atom is -0.367 e. The zero-order valence-corrected chi connectivity index (χ0v) is 15.6. The van der Waals surface area contributed by atoms with Crippen molar-refractivity contribution in [3.05, 3.63) is 65.0 Å². The quantitative estimate of drug-likeness (QED) is 0.646. The van der Waals surface area contributed by atoms with E-state index in [-0.39, 0.29) is 11.1 Å². The van der Waals surface area contributed by atoms with Gasteiger partial charge in [-0.25, -0.2) is 8.78 Å².